The molecule has 0 radical (unpaired) electrons. The van der Waals surface area contributed by atoms with Crippen LogP contribution in [0.1, 0.15) is 32.3 Å². The molecule has 0 aliphatic heterocycles. The predicted octanol–water partition coefficient (Wildman–Crippen LogP) is 2.79. The SMILES string of the molecule is CCC(CC)CNc1nccc(CNC)c1F. The number of hydrogen-bond acceptors (Lipinski definition) is 3. The van der Waals surface area contributed by atoms with E-state index in [0.29, 0.717) is 23.8 Å². The summed E-state index contributed by atoms with van der Waals surface area (Å²) in [6.07, 6.45) is 3.84. The smallest absolute Gasteiger partial charge is 0.169 e. The number of aromatic nitrogens is 1. The molecule has 4 heteroatoms. The number of rotatable bonds is 7. The molecule has 0 saturated carbocycles. The zero-order valence-electron chi connectivity index (χ0n) is 10.9. The van der Waals surface area contributed by atoms with Crippen LogP contribution in [-0.4, -0.2) is 18.6 Å². The summed E-state index contributed by atoms with van der Waals surface area (Å²) in [5.74, 6) is 0.696. The molecule has 96 valence electrons. The van der Waals surface area contributed by atoms with Crippen molar-refractivity contribution >= 4 is 5.82 Å². The lowest BCUT2D eigenvalue weighted by Gasteiger charge is -2.15. The predicted molar refractivity (Wildman–Crippen MR) is 69.5 cm³/mol. The fourth-order valence-electron chi connectivity index (χ4n) is 1.75. The van der Waals surface area contributed by atoms with Gasteiger partial charge in [-0.15, -0.1) is 0 Å². The molecular weight excluding hydrogens is 217 g/mol. The zero-order valence-corrected chi connectivity index (χ0v) is 10.9. The fourth-order valence-corrected chi connectivity index (χ4v) is 1.75. The van der Waals surface area contributed by atoms with Crippen LogP contribution in [0.2, 0.25) is 0 Å². The number of anilines is 1. The largest absolute Gasteiger partial charge is 0.367 e. The summed E-state index contributed by atoms with van der Waals surface area (Å²) in [5.41, 5.74) is 0.648. The minimum absolute atomic E-state index is 0.243. The van der Waals surface area contributed by atoms with Crippen molar-refractivity contribution in [3.8, 4) is 0 Å². The molecule has 0 atom stereocenters. The van der Waals surface area contributed by atoms with Gasteiger partial charge in [0.1, 0.15) is 0 Å². The van der Waals surface area contributed by atoms with Crippen LogP contribution in [0.3, 0.4) is 0 Å². The summed E-state index contributed by atoms with van der Waals surface area (Å²) < 4.78 is 14.0. The normalized spacial score (nSPS) is 10.9. The Bertz CT molecular complexity index is 337. The molecule has 0 aromatic carbocycles. The Balaban J connectivity index is 2.67. The van der Waals surface area contributed by atoms with Gasteiger partial charge in [-0.1, -0.05) is 26.7 Å². The van der Waals surface area contributed by atoms with Gasteiger partial charge in [0, 0.05) is 24.8 Å². The molecule has 0 aliphatic rings. The average Bonchev–Trinajstić information content (AvgIpc) is 2.35. The molecule has 0 aliphatic carbocycles. The maximum absolute atomic E-state index is 14.0. The first-order valence-corrected chi connectivity index (χ1v) is 6.24. The maximum Gasteiger partial charge on any atom is 0.169 e. The molecule has 1 rings (SSSR count). The minimum atomic E-state index is -0.243. The highest BCUT2D eigenvalue weighted by molar-refractivity contribution is 5.39. The van der Waals surface area contributed by atoms with E-state index in [1.165, 1.54) is 0 Å². The summed E-state index contributed by atoms with van der Waals surface area (Å²) >= 11 is 0. The Kier molecular flexibility index (Phi) is 5.91. The van der Waals surface area contributed by atoms with E-state index in [1.807, 2.05) is 0 Å². The molecular formula is C13H22FN3. The van der Waals surface area contributed by atoms with E-state index in [2.05, 4.69) is 29.5 Å². The van der Waals surface area contributed by atoms with Gasteiger partial charge in [0.05, 0.1) is 0 Å². The van der Waals surface area contributed by atoms with Gasteiger partial charge in [-0.3, -0.25) is 0 Å². The quantitative estimate of drug-likeness (QED) is 0.768. The van der Waals surface area contributed by atoms with Gasteiger partial charge < -0.3 is 10.6 Å². The minimum Gasteiger partial charge on any atom is -0.367 e. The summed E-state index contributed by atoms with van der Waals surface area (Å²) in [5, 5.41) is 6.04. The number of hydrogen-bond donors (Lipinski definition) is 2. The van der Waals surface area contributed by atoms with Crippen LogP contribution < -0.4 is 10.6 Å². The third-order valence-electron chi connectivity index (χ3n) is 3.05. The molecule has 17 heavy (non-hydrogen) atoms. The molecule has 1 aromatic heterocycles. The standard InChI is InChI=1S/C13H22FN3/c1-4-10(5-2)8-17-13-12(14)11(9-15-3)6-7-16-13/h6-7,10,15H,4-5,8-9H2,1-3H3,(H,16,17). The number of nitrogens with zero attached hydrogens (tertiary/aromatic N) is 1. The molecule has 1 heterocycles. The second-order valence-electron chi connectivity index (χ2n) is 4.23. The average molecular weight is 239 g/mol. The second-order valence-corrected chi connectivity index (χ2v) is 4.23. The molecule has 0 saturated heterocycles. The first-order valence-electron chi connectivity index (χ1n) is 6.24. The van der Waals surface area contributed by atoms with Crippen LogP contribution in [0.5, 0.6) is 0 Å². The molecule has 0 spiro atoms. The van der Waals surface area contributed by atoms with E-state index in [1.54, 1.807) is 19.3 Å². The van der Waals surface area contributed by atoms with Crippen molar-refractivity contribution in [1.82, 2.24) is 10.3 Å². The van der Waals surface area contributed by atoms with E-state index in [9.17, 15) is 4.39 Å². The molecule has 0 bridgehead atoms. The first-order chi connectivity index (χ1) is 8.22. The Morgan fingerprint density at radius 1 is 1.35 bits per heavy atom. The van der Waals surface area contributed by atoms with Crippen LogP contribution >= 0.6 is 0 Å². The Hall–Kier alpha value is -1.16. The van der Waals surface area contributed by atoms with Crippen molar-refractivity contribution in [2.45, 2.75) is 33.2 Å². The van der Waals surface area contributed by atoms with Crippen LogP contribution in [0.15, 0.2) is 12.3 Å². The lowest BCUT2D eigenvalue weighted by atomic mass is 10.0. The van der Waals surface area contributed by atoms with Crippen LogP contribution in [0.25, 0.3) is 0 Å². The summed E-state index contributed by atoms with van der Waals surface area (Å²) in [7, 11) is 1.80. The van der Waals surface area contributed by atoms with E-state index in [4.69, 9.17) is 0 Å². The Labute approximate surface area is 103 Å². The van der Waals surface area contributed by atoms with Crippen molar-refractivity contribution < 1.29 is 4.39 Å². The van der Waals surface area contributed by atoms with E-state index in [-0.39, 0.29) is 5.82 Å². The number of pyridine rings is 1. The van der Waals surface area contributed by atoms with Crippen LogP contribution in [0, 0.1) is 11.7 Å². The van der Waals surface area contributed by atoms with Gasteiger partial charge in [0.2, 0.25) is 0 Å². The number of halogens is 1. The van der Waals surface area contributed by atoms with Crippen LogP contribution in [-0.2, 0) is 6.54 Å². The summed E-state index contributed by atoms with van der Waals surface area (Å²) in [6.45, 7) is 5.60. The Morgan fingerprint density at radius 2 is 2.06 bits per heavy atom. The van der Waals surface area contributed by atoms with Crippen molar-refractivity contribution in [1.29, 1.82) is 0 Å². The monoisotopic (exact) mass is 239 g/mol. The Morgan fingerprint density at radius 3 is 2.65 bits per heavy atom. The second kappa shape index (κ2) is 7.22. The highest BCUT2D eigenvalue weighted by Gasteiger charge is 2.10. The van der Waals surface area contributed by atoms with Crippen molar-refractivity contribution in [2.24, 2.45) is 5.92 Å². The molecule has 0 amide bonds. The molecule has 2 N–H and O–H groups in total. The van der Waals surface area contributed by atoms with E-state index >= 15 is 0 Å². The molecule has 3 nitrogen and oxygen atoms in total. The maximum atomic E-state index is 14.0. The molecule has 0 unspecified atom stereocenters. The van der Waals surface area contributed by atoms with Gasteiger partial charge in [0.15, 0.2) is 11.6 Å². The third kappa shape index (κ3) is 3.97. The van der Waals surface area contributed by atoms with Gasteiger partial charge in [-0.2, -0.15) is 0 Å². The van der Waals surface area contributed by atoms with Gasteiger partial charge in [0.25, 0.3) is 0 Å². The van der Waals surface area contributed by atoms with Gasteiger partial charge >= 0.3 is 0 Å². The van der Waals surface area contributed by atoms with Crippen molar-refractivity contribution in [3.05, 3.63) is 23.6 Å². The third-order valence-corrected chi connectivity index (χ3v) is 3.05. The molecule has 1 aromatic rings. The highest BCUT2D eigenvalue weighted by atomic mass is 19.1. The first kappa shape index (κ1) is 13.9. The zero-order chi connectivity index (χ0) is 12.7. The topological polar surface area (TPSA) is 37.0 Å². The van der Waals surface area contributed by atoms with E-state index in [0.717, 1.165) is 19.4 Å². The summed E-state index contributed by atoms with van der Waals surface area (Å²) in [4.78, 5) is 4.05. The lowest BCUT2D eigenvalue weighted by Crippen LogP contribution is -2.16. The van der Waals surface area contributed by atoms with Crippen molar-refractivity contribution in [2.75, 3.05) is 18.9 Å². The fraction of sp³-hybridized carbons (Fsp3) is 0.615. The van der Waals surface area contributed by atoms with Gasteiger partial charge in [-0.05, 0) is 19.0 Å². The number of nitrogens with one attached hydrogen (secondary N) is 2. The highest BCUT2D eigenvalue weighted by Crippen LogP contribution is 2.16. The summed E-state index contributed by atoms with van der Waals surface area (Å²) in [6, 6.07) is 1.70. The van der Waals surface area contributed by atoms with E-state index < -0.39 is 0 Å². The van der Waals surface area contributed by atoms with Crippen LogP contribution in [0.4, 0.5) is 10.2 Å². The van der Waals surface area contributed by atoms with Crippen molar-refractivity contribution in [3.63, 3.8) is 0 Å². The lowest BCUT2D eigenvalue weighted by molar-refractivity contribution is 0.515. The molecule has 0 fully saturated rings. The van der Waals surface area contributed by atoms with Gasteiger partial charge in [-0.25, -0.2) is 9.37 Å².